The summed E-state index contributed by atoms with van der Waals surface area (Å²) < 4.78 is 5.13. The Hall–Kier alpha value is -1.63. The van der Waals surface area contributed by atoms with Gasteiger partial charge in [0.25, 0.3) is 0 Å². The minimum Gasteiger partial charge on any atom is -0.444 e. The Morgan fingerprint density at radius 1 is 1.33 bits per heavy atom. The Labute approximate surface area is 143 Å². The molecule has 1 amide bonds. The van der Waals surface area contributed by atoms with Crippen molar-refractivity contribution < 1.29 is 19.7 Å². The summed E-state index contributed by atoms with van der Waals surface area (Å²) in [6.45, 7) is 7.37. The van der Waals surface area contributed by atoms with Gasteiger partial charge in [-0.3, -0.25) is 0 Å². The van der Waals surface area contributed by atoms with Gasteiger partial charge in [0, 0.05) is 13.1 Å². The van der Waals surface area contributed by atoms with Gasteiger partial charge in [0.15, 0.2) is 0 Å². The predicted octanol–water partition coefficient (Wildman–Crippen LogP) is 1.64. The standard InChI is InChI=1S/C18H28N2O4/c1-18(2,3)24-17(23)20-9-7-15(21)16(22)13-4-5-14-11-19-8-6-12(14)10-13/h4-5,10,15-16,19,21-22H,6-9,11H2,1-3H3,(H,20,23). The van der Waals surface area contributed by atoms with Gasteiger partial charge in [-0.15, -0.1) is 0 Å². The maximum Gasteiger partial charge on any atom is 0.407 e. The Kier molecular flexibility index (Phi) is 6.21. The summed E-state index contributed by atoms with van der Waals surface area (Å²) in [6.07, 6.45) is -1.26. The molecule has 0 bridgehead atoms. The fourth-order valence-corrected chi connectivity index (χ4v) is 2.70. The molecule has 4 N–H and O–H groups in total. The highest BCUT2D eigenvalue weighted by atomic mass is 16.6. The van der Waals surface area contributed by atoms with Crippen molar-refractivity contribution in [3.05, 3.63) is 34.9 Å². The van der Waals surface area contributed by atoms with Crippen LogP contribution in [-0.4, -0.2) is 41.1 Å². The quantitative estimate of drug-likeness (QED) is 0.656. The minimum atomic E-state index is -0.967. The molecule has 1 aromatic carbocycles. The molecular weight excluding hydrogens is 308 g/mol. The normalized spacial score (nSPS) is 16.9. The average Bonchev–Trinajstić information content (AvgIpc) is 2.51. The lowest BCUT2D eigenvalue weighted by Gasteiger charge is -2.23. The minimum absolute atomic E-state index is 0.238. The van der Waals surface area contributed by atoms with Crippen LogP contribution in [0.15, 0.2) is 18.2 Å². The van der Waals surface area contributed by atoms with Gasteiger partial charge in [0.05, 0.1) is 6.10 Å². The molecule has 2 unspecified atom stereocenters. The second-order valence-electron chi connectivity index (χ2n) is 7.18. The van der Waals surface area contributed by atoms with Crippen LogP contribution in [0.4, 0.5) is 4.79 Å². The second-order valence-corrected chi connectivity index (χ2v) is 7.18. The number of hydrogen-bond acceptors (Lipinski definition) is 5. The number of amides is 1. The third-order valence-corrected chi connectivity index (χ3v) is 3.93. The van der Waals surface area contributed by atoms with Crippen LogP contribution in [0.1, 0.15) is 50.0 Å². The van der Waals surface area contributed by atoms with Gasteiger partial charge in [-0.2, -0.15) is 0 Å². The summed E-state index contributed by atoms with van der Waals surface area (Å²) in [7, 11) is 0. The van der Waals surface area contributed by atoms with E-state index in [-0.39, 0.29) is 13.0 Å². The number of carbonyl (C=O) groups excluding carboxylic acids is 1. The van der Waals surface area contributed by atoms with Gasteiger partial charge >= 0.3 is 6.09 Å². The molecule has 0 radical (unpaired) electrons. The number of carbonyl (C=O) groups is 1. The second kappa shape index (κ2) is 7.96. The van der Waals surface area contributed by atoms with E-state index in [4.69, 9.17) is 4.74 Å². The monoisotopic (exact) mass is 336 g/mol. The molecule has 0 fully saturated rings. The van der Waals surface area contributed by atoms with E-state index in [1.807, 2.05) is 18.2 Å². The molecule has 1 aromatic rings. The maximum atomic E-state index is 11.6. The molecule has 24 heavy (non-hydrogen) atoms. The summed E-state index contributed by atoms with van der Waals surface area (Å²) in [6, 6.07) is 5.80. The lowest BCUT2D eigenvalue weighted by atomic mass is 9.94. The predicted molar refractivity (Wildman–Crippen MR) is 91.7 cm³/mol. The first-order chi connectivity index (χ1) is 11.3. The smallest absolute Gasteiger partial charge is 0.407 e. The number of aliphatic hydroxyl groups is 2. The average molecular weight is 336 g/mol. The van der Waals surface area contributed by atoms with Crippen LogP contribution in [0.5, 0.6) is 0 Å². The first kappa shape index (κ1) is 18.7. The van der Waals surface area contributed by atoms with Crippen LogP contribution < -0.4 is 10.6 Å². The number of fused-ring (bicyclic) bond motifs is 1. The molecule has 6 heteroatoms. The molecule has 1 aliphatic heterocycles. The molecule has 1 heterocycles. The van der Waals surface area contributed by atoms with E-state index < -0.39 is 23.9 Å². The Morgan fingerprint density at radius 3 is 2.79 bits per heavy atom. The first-order valence-corrected chi connectivity index (χ1v) is 8.41. The molecule has 0 aromatic heterocycles. The Bertz CT molecular complexity index is 569. The molecule has 0 saturated heterocycles. The van der Waals surface area contributed by atoms with Crippen LogP contribution in [0.2, 0.25) is 0 Å². The number of rotatable bonds is 5. The Balaban J connectivity index is 1.84. The number of alkyl carbamates (subject to hydrolysis) is 1. The molecule has 0 spiro atoms. The van der Waals surface area contributed by atoms with Crippen LogP contribution in [0, 0.1) is 0 Å². The summed E-state index contributed by atoms with van der Waals surface area (Å²) in [4.78, 5) is 11.6. The molecule has 2 atom stereocenters. The van der Waals surface area contributed by atoms with E-state index in [0.29, 0.717) is 5.56 Å². The van der Waals surface area contributed by atoms with Gasteiger partial charge in [0.1, 0.15) is 11.7 Å². The van der Waals surface area contributed by atoms with Crippen molar-refractivity contribution in [3.8, 4) is 0 Å². The highest BCUT2D eigenvalue weighted by molar-refractivity contribution is 5.67. The van der Waals surface area contributed by atoms with Gasteiger partial charge in [-0.1, -0.05) is 18.2 Å². The van der Waals surface area contributed by atoms with E-state index in [0.717, 1.165) is 19.5 Å². The number of ether oxygens (including phenoxy) is 1. The van der Waals surface area contributed by atoms with Crippen LogP contribution in [0.3, 0.4) is 0 Å². The molecular formula is C18H28N2O4. The van der Waals surface area contributed by atoms with Crippen molar-refractivity contribution in [2.75, 3.05) is 13.1 Å². The largest absolute Gasteiger partial charge is 0.444 e. The molecule has 0 aliphatic carbocycles. The van der Waals surface area contributed by atoms with E-state index in [2.05, 4.69) is 10.6 Å². The maximum absolute atomic E-state index is 11.6. The van der Waals surface area contributed by atoms with E-state index in [1.54, 1.807) is 20.8 Å². The van der Waals surface area contributed by atoms with Crippen LogP contribution in [0.25, 0.3) is 0 Å². The van der Waals surface area contributed by atoms with Crippen molar-refractivity contribution in [2.24, 2.45) is 0 Å². The molecule has 134 valence electrons. The molecule has 6 nitrogen and oxygen atoms in total. The summed E-state index contributed by atoms with van der Waals surface area (Å²) in [5.74, 6) is 0. The number of nitrogens with one attached hydrogen (secondary N) is 2. The zero-order valence-corrected chi connectivity index (χ0v) is 14.6. The zero-order chi connectivity index (χ0) is 17.7. The van der Waals surface area contributed by atoms with Gasteiger partial charge < -0.3 is 25.6 Å². The van der Waals surface area contributed by atoms with Gasteiger partial charge in [-0.05, 0) is 56.8 Å². The highest BCUT2D eigenvalue weighted by Gasteiger charge is 2.21. The van der Waals surface area contributed by atoms with E-state index in [9.17, 15) is 15.0 Å². The molecule has 1 aliphatic rings. The van der Waals surface area contributed by atoms with Crippen molar-refractivity contribution in [1.82, 2.24) is 10.6 Å². The first-order valence-electron chi connectivity index (χ1n) is 8.41. The summed E-state index contributed by atoms with van der Waals surface area (Å²) >= 11 is 0. The molecule has 2 rings (SSSR count). The van der Waals surface area contributed by atoms with Crippen LogP contribution in [-0.2, 0) is 17.7 Å². The number of aliphatic hydroxyl groups excluding tert-OH is 2. The van der Waals surface area contributed by atoms with Crippen molar-refractivity contribution >= 4 is 6.09 Å². The Morgan fingerprint density at radius 2 is 2.08 bits per heavy atom. The zero-order valence-electron chi connectivity index (χ0n) is 14.6. The van der Waals surface area contributed by atoms with E-state index in [1.165, 1.54) is 11.1 Å². The third-order valence-electron chi connectivity index (χ3n) is 3.93. The van der Waals surface area contributed by atoms with Crippen molar-refractivity contribution in [2.45, 2.75) is 58.0 Å². The van der Waals surface area contributed by atoms with E-state index >= 15 is 0 Å². The van der Waals surface area contributed by atoms with Crippen LogP contribution >= 0.6 is 0 Å². The number of benzene rings is 1. The fraction of sp³-hybridized carbons (Fsp3) is 0.611. The topological polar surface area (TPSA) is 90.8 Å². The third kappa shape index (κ3) is 5.47. The van der Waals surface area contributed by atoms with Crippen molar-refractivity contribution in [1.29, 1.82) is 0 Å². The van der Waals surface area contributed by atoms with Crippen molar-refractivity contribution in [3.63, 3.8) is 0 Å². The fourth-order valence-electron chi connectivity index (χ4n) is 2.70. The lowest BCUT2D eigenvalue weighted by Crippen LogP contribution is -2.34. The lowest BCUT2D eigenvalue weighted by molar-refractivity contribution is 0.0122. The number of hydrogen-bond donors (Lipinski definition) is 4. The molecule has 0 saturated carbocycles. The van der Waals surface area contributed by atoms with Gasteiger partial charge in [0.2, 0.25) is 0 Å². The summed E-state index contributed by atoms with van der Waals surface area (Å²) in [5, 5.41) is 26.4. The van der Waals surface area contributed by atoms with Gasteiger partial charge in [-0.25, -0.2) is 4.79 Å². The highest BCUT2D eigenvalue weighted by Crippen LogP contribution is 2.23. The summed E-state index contributed by atoms with van der Waals surface area (Å²) in [5.41, 5.74) is 2.60. The SMILES string of the molecule is CC(C)(C)OC(=O)NCCC(O)C(O)c1ccc2c(c1)CCNC2.